The highest BCUT2D eigenvalue weighted by atomic mass is 127. The van der Waals surface area contributed by atoms with Crippen LogP contribution >= 0.6 is 24.0 Å². The summed E-state index contributed by atoms with van der Waals surface area (Å²) in [5.74, 6) is 1.54. The van der Waals surface area contributed by atoms with E-state index in [1.54, 1.807) is 0 Å². The van der Waals surface area contributed by atoms with Crippen molar-refractivity contribution in [1.82, 2.24) is 25.4 Å². The second-order valence-electron chi connectivity index (χ2n) is 8.60. The van der Waals surface area contributed by atoms with Crippen LogP contribution in [0.25, 0.3) is 0 Å². The molecule has 2 heterocycles. The van der Waals surface area contributed by atoms with E-state index >= 15 is 0 Å². The third-order valence-electron chi connectivity index (χ3n) is 5.96. The molecule has 7 nitrogen and oxygen atoms in total. The van der Waals surface area contributed by atoms with Gasteiger partial charge in [0.25, 0.3) is 0 Å². The van der Waals surface area contributed by atoms with Gasteiger partial charge in [0.2, 0.25) is 5.88 Å². The summed E-state index contributed by atoms with van der Waals surface area (Å²) in [7, 11) is 2.00. The van der Waals surface area contributed by atoms with Gasteiger partial charge in [0.15, 0.2) is 5.96 Å². The van der Waals surface area contributed by atoms with Crippen LogP contribution < -0.4 is 15.4 Å². The van der Waals surface area contributed by atoms with E-state index in [0.717, 1.165) is 43.0 Å². The molecular formula is C24H39IN6O. The van der Waals surface area contributed by atoms with E-state index < -0.39 is 0 Å². The lowest BCUT2D eigenvalue weighted by atomic mass is 9.98. The molecule has 0 bridgehead atoms. The van der Waals surface area contributed by atoms with Crippen molar-refractivity contribution >= 4 is 29.9 Å². The van der Waals surface area contributed by atoms with Crippen molar-refractivity contribution in [2.75, 3.05) is 6.54 Å². The number of nitrogens with zero attached hydrogens (tertiary/aromatic N) is 4. The maximum Gasteiger partial charge on any atom is 0.213 e. The van der Waals surface area contributed by atoms with E-state index in [1.165, 1.54) is 30.5 Å². The SMILES string of the molecule is CCNC(=NCc1ccnc(OC2CCCCC2)c1)NC(C)Cc1c(C)nn(C)c1C.I. The van der Waals surface area contributed by atoms with Crippen molar-refractivity contribution in [2.24, 2.45) is 12.0 Å². The zero-order valence-electron chi connectivity index (χ0n) is 20.1. The van der Waals surface area contributed by atoms with Gasteiger partial charge in [0.05, 0.1) is 12.2 Å². The first-order valence-electron chi connectivity index (χ1n) is 11.6. The van der Waals surface area contributed by atoms with Gasteiger partial charge in [0, 0.05) is 37.6 Å². The smallest absolute Gasteiger partial charge is 0.213 e. The number of aromatic nitrogens is 3. The molecule has 0 saturated heterocycles. The van der Waals surface area contributed by atoms with E-state index in [-0.39, 0.29) is 30.0 Å². The van der Waals surface area contributed by atoms with Gasteiger partial charge in [-0.15, -0.1) is 24.0 Å². The van der Waals surface area contributed by atoms with Gasteiger partial charge >= 0.3 is 0 Å². The molecule has 8 heteroatoms. The molecule has 2 aromatic heterocycles. The Balaban J connectivity index is 0.00000363. The Labute approximate surface area is 209 Å². The van der Waals surface area contributed by atoms with Crippen LogP contribution in [0.1, 0.15) is 68.5 Å². The lowest BCUT2D eigenvalue weighted by Gasteiger charge is -2.22. The van der Waals surface area contributed by atoms with Crippen LogP contribution in [0.15, 0.2) is 23.3 Å². The largest absolute Gasteiger partial charge is 0.474 e. The van der Waals surface area contributed by atoms with Gasteiger partial charge in [0.1, 0.15) is 6.10 Å². The van der Waals surface area contributed by atoms with Crippen molar-refractivity contribution in [3.8, 4) is 5.88 Å². The van der Waals surface area contributed by atoms with Crippen LogP contribution in [-0.4, -0.2) is 39.4 Å². The molecule has 1 saturated carbocycles. The Kier molecular flexibility index (Phi) is 10.7. The predicted octanol–water partition coefficient (Wildman–Crippen LogP) is 4.45. The van der Waals surface area contributed by atoms with Crippen molar-refractivity contribution in [3.05, 3.63) is 40.8 Å². The Morgan fingerprint density at radius 3 is 2.69 bits per heavy atom. The molecule has 0 aromatic carbocycles. The minimum atomic E-state index is 0. The molecule has 178 valence electrons. The fourth-order valence-electron chi connectivity index (χ4n) is 4.16. The zero-order chi connectivity index (χ0) is 22.2. The fraction of sp³-hybridized carbons (Fsp3) is 0.625. The molecule has 1 fully saturated rings. The second kappa shape index (κ2) is 13.0. The molecule has 3 rings (SSSR count). The number of rotatable bonds is 8. The number of nitrogens with one attached hydrogen (secondary N) is 2. The highest BCUT2D eigenvalue weighted by molar-refractivity contribution is 14.0. The molecule has 1 aliphatic rings. The molecule has 1 aliphatic carbocycles. The number of hydrogen-bond acceptors (Lipinski definition) is 4. The molecule has 0 radical (unpaired) electrons. The molecule has 1 unspecified atom stereocenters. The Hall–Kier alpha value is -1.84. The molecule has 32 heavy (non-hydrogen) atoms. The van der Waals surface area contributed by atoms with E-state index in [4.69, 9.17) is 9.73 Å². The first-order valence-corrected chi connectivity index (χ1v) is 11.6. The highest BCUT2D eigenvalue weighted by Crippen LogP contribution is 2.22. The molecule has 2 aromatic rings. The Bertz CT molecular complexity index is 875. The predicted molar refractivity (Wildman–Crippen MR) is 141 cm³/mol. The average Bonchev–Trinajstić information content (AvgIpc) is 2.99. The van der Waals surface area contributed by atoms with Crippen LogP contribution in [0.2, 0.25) is 0 Å². The summed E-state index contributed by atoms with van der Waals surface area (Å²) in [6.07, 6.45) is 9.12. The quantitative estimate of drug-likeness (QED) is 0.287. The summed E-state index contributed by atoms with van der Waals surface area (Å²) in [5.41, 5.74) is 4.72. The normalized spacial score (nSPS) is 15.7. The summed E-state index contributed by atoms with van der Waals surface area (Å²) in [6.45, 7) is 9.86. The van der Waals surface area contributed by atoms with Gasteiger partial charge < -0.3 is 15.4 Å². The van der Waals surface area contributed by atoms with Crippen LogP contribution in [-0.2, 0) is 20.0 Å². The molecule has 1 atom stereocenters. The van der Waals surface area contributed by atoms with E-state index in [9.17, 15) is 0 Å². The van der Waals surface area contributed by atoms with Crippen molar-refractivity contribution < 1.29 is 4.74 Å². The Morgan fingerprint density at radius 2 is 2.03 bits per heavy atom. The molecule has 0 amide bonds. The third kappa shape index (κ3) is 7.64. The fourth-order valence-corrected chi connectivity index (χ4v) is 4.16. The standard InChI is InChI=1S/C24H38N6O.HI/c1-6-25-24(28-17(2)14-22-18(3)29-30(5)19(22)4)27-16-20-12-13-26-23(15-20)31-21-10-8-7-9-11-21;/h12-13,15,17,21H,6-11,14,16H2,1-5H3,(H2,25,27,28);1H. The van der Waals surface area contributed by atoms with Crippen molar-refractivity contribution in [2.45, 2.75) is 84.9 Å². The molecular weight excluding hydrogens is 515 g/mol. The summed E-state index contributed by atoms with van der Waals surface area (Å²) < 4.78 is 8.06. The number of guanidine groups is 1. The topological polar surface area (TPSA) is 76.4 Å². The minimum Gasteiger partial charge on any atom is -0.474 e. The van der Waals surface area contributed by atoms with Crippen LogP contribution in [0.3, 0.4) is 0 Å². The molecule has 0 spiro atoms. The summed E-state index contributed by atoms with van der Waals surface area (Å²) in [4.78, 5) is 9.19. The molecule has 2 N–H and O–H groups in total. The number of halogens is 1. The van der Waals surface area contributed by atoms with Crippen LogP contribution in [0.4, 0.5) is 0 Å². The van der Waals surface area contributed by atoms with Crippen molar-refractivity contribution in [3.63, 3.8) is 0 Å². The van der Waals surface area contributed by atoms with Crippen LogP contribution in [0, 0.1) is 13.8 Å². The number of ether oxygens (including phenoxy) is 1. The highest BCUT2D eigenvalue weighted by Gasteiger charge is 2.16. The van der Waals surface area contributed by atoms with E-state index in [2.05, 4.69) is 48.4 Å². The lowest BCUT2D eigenvalue weighted by molar-refractivity contribution is 0.148. The van der Waals surface area contributed by atoms with Gasteiger partial charge in [-0.1, -0.05) is 6.42 Å². The zero-order valence-corrected chi connectivity index (χ0v) is 22.5. The van der Waals surface area contributed by atoms with Gasteiger partial charge in [-0.3, -0.25) is 4.68 Å². The van der Waals surface area contributed by atoms with Gasteiger partial charge in [-0.05, 0) is 77.0 Å². The molecule has 0 aliphatic heterocycles. The van der Waals surface area contributed by atoms with Crippen LogP contribution in [0.5, 0.6) is 5.88 Å². The summed E-state index contributed by atoms with van der Waals surface area (Å²) in [5, 5.41) is 11.4. The number of hydrogen-bond donors (Lipinski definition) is 2. The monoisotopic (exact) mass is 554 g/mol. The summed E-state index contributed by atoms with van der Waals surface area (Å²) >= 11 is 0. The number of aryl methyl sites for hydroxylation is 2. The first-order chi connectivity index (χ1) is 15.0. The van der Waals surface area contributed by atoms with Gasteiger partial charge in [-0.2, -0.15) is 5.10 Å². The lowest BCUT2D eigenvalue weighted by Crippen LogP contribution is -2.43. The average molecular weight is 555 g/mol. The second-order valence-corrected chi connectivity index (χ2v) is 8.60. The van der Waals surface area contributed by atoms with Gasteiger partial charge in [-0.25, -0.2) is 9.98 Å². The van der Waals surface area contributed by atoms with Crippen molar-refractivity contribution in [1.29, 1.82) is 0 Å². The summed E-state index contributed by atoms with van der Waals surface area (Å²) in [6, 6.07) is 4.27. The maximum atomic E-state index is 6.11. The number of pyridine rings is 1. The van der Waals surface area contributed by atoms with E-state index in [1.807, 2.05) is 30.1 Å². The minimum absolute atomic E-state index is 0. The van der Waals surface area contributed by atoms with E-state index in [0.29, 0.717) is 18.5 Å². The maximum absolute atomic E-state index is 6.11. The first kappa shape index (κ1) is 26.4. The Morgan fingerprint density at radius 1 is 1.28 bits per heavy atom. The number of aliphatic imine (C=N–C) groups is 1. The third-order valence-corrected chi connectivity index (χ3v) is 5.96.